The average molecular weight is 338 g/mol. The van der Waals surface area contributed by atoms with Crippen molar-refractivity contribution in [3.63, 3.8) is 0 Å². The molecule has 1 spiro atoms. The van der Waals surface area contributed by atoms with Crippen molar-refractivity contribution in [2.45, 2.75) is 24.9 Å². The van der Waals surface area contributed by atoms with Crippen molar-refractivity contribution in [2.24, 2.45) is 0 Å². The highest BCUT2D eigenvalue weighted by Crippen LogP contribution is 2.26. The van der Waals surface area contributed by atoms with E-state index in [4.69, 9.17) is 0 Å². The largest absolute Gasteiger partial charge is 0.325 e. The second-order valence-corrected chi connectivity index (χ2v) is 6.23. The minimum atomic E-state index is -0.731. The van der Waals surface area contributed by atoms with Crippen LogP contribution < -0.4 is 10.6 Å². The second-order valence-electron chi connectivity index (χ2n) is 5.31. The third-order valence-corrected chi connectivity index (χ3v) is 4.41. The molecule has 2 N–H and O–H groups in total. The van der Waals surface area contributed by atoms with Gasteiger partial charge in [0.1, 0.15) is 5.54 Å². The summed E-state index contributed by atoms with van der Waals surface area (Å²) in [4.78, 5) is 26.0. The van der Waals surface area contributed by atoms with E-state index in [-0.39, 0.29) is 11.9 Å². The van der Waals surface area contributed by atoms with Crippen molar-refractivity contribution in [3.05, 3.63) is 34.3 Å². The first-order valence-electron chi connectivity index (χ1n) is 6.70. The number of halogens is 1. The number of imide groups is 1. The number of hydrogen-bond acceptors (Lipinski definition) is 3. The summed E-state index contributed by atoms with van der Waals surface area (Å²) in [6.45, 7) is 1.74. The van der Waals surface area contributed by atoms with Crippen molar-refractivity contribution < 1.29 is 9.59 Å². The van der Waals surface area contributed by atoms with Crippen LogP contribution in [0, 0.1) is 0 Å². The molecule has 2 heterocycles. The van der Waals surface area contributed by atoms with Gasteiger partial charge in [-0.1, -0.05) is 28.1 Å². The Kier molecular flexibility index (Phi) is 3.52. The van der Waals surface area contributed by atoms with Crippen LogP contribution in [0.1, 0.15) is 18.4 Å². The predicted octanol–water partition coefficient (Wildman–Crippen LogP) is 1.62. The number of benzene rings is 1. The fourth-order valence-corrected chi connectivity index (χ4v) is 3.05. The lowest BCUT2D eigenvalue weighted by molar-refractivity contribution is -0.132. The maximum atomic E-state index is 12.6. The van der Waals surface area contributed by atoms with Gasteiger partial charge in [0.25, 0.3) is 5.91 Å². The van der Waals surface area contributed by atoms with Gasteiger partial charge in [-0.15, -0.1) is 0 Å². The van der Waals surface area contributed by atoms with E-state index in [0.717, 1.165) is 23.0 Å². The van der Waals surface area contributed by atoms with Gasteiger partial charge >= 0.3 is 6.03 Å². The molecule has 0 bridgehead atoms. The third kappa shape index (κ3) is 2.33. The normalized spacial score (nSPS) is 26.1. The fraction of sp³-hybridized carbons (Fsp3) is 0.429. The summed E-state index contributed by atoms with van der Waals surface area (Å²) < 4.78 is 0.978. The Hall–Kier alpha value is -1.40. The van der Waals surface area contributed by atoms with Gasteiger partial charge in [-0.05, 0) is 37.1 Å². The lowest BCUT2D eigenvalue weighted by Gasteiger charge is -2.31. The first kappa shape index (κ1) is 13.6. The van der Waals surface area contributed by atoms with Crippen molar-refractivity contribution in [2.75, 3.05) is 13.1 Å². The molecule has 0 aliphatic carbocycles. The molecule has 3 rings (SSSR count). The Morgan fingerprint density at radius 3 is 2.65 bits per heavy atom. The van der Waals surface area contributed by atoms with Crippen LogP contribution in [0.2, 0.25) is 0 Å². The van der Waals surface area contributed by atoms with E-state index in [0.29, 0.717) is 19.5 Å². The molecular weight excluding hydrogens is 322 g/mol. The molecular formula is C14H16BrN3O2. The Bertz CT molecular complexity index is 538. The lowest BCUT2D eigenvalue weighted by Crippen LogP contribution is -2.57. The zero-order valence-corrected chi connectivity index (χ0v) is 12.6. The van der Waals surface area contributed by atoms with Gasteiger partial charge in [0.2, 0.25) is 0 Å². The first-order chi connectivity index (χ1) is 9.61. The van der Waals surface area contributed by atoms with Crippen molar-refractivity contribution in [1.29, 1.82) is 0 Å². The molecule has 0 saturated carbocycles. The molecule has 0 radical (unpaired) electrons. The SMILES string of the molecule is O=C1NC2(CCCNC2)C(=O)N1Cc1ccc(Br)cc1. The number of piperidine rings is 1. The van der Waals surface area contributed by atoms with Crippen LogP contribution in [0.15, 0.2) is 28.7 Å². The van der Waals surface area contributed by atoms with Crippen molar-refractivity contribution >= 4 is 27.9 Å². The maximum absolute atomic E-state index is 12.6. The summed E-state index contributed by atoms with van der Waals surface area (Å²) in [5.74, 6) is -0.113. The molecule has 106 valence electrons. The van der Waals surface area contributed by atoms with E-state index in [1.54, 1.807) is 0 Å². The number of nitrogens with zero attached hydrogens (tertiary/aromatic N) is 1. The van der Waals surface area contributed by atoms with Crippen LogP contribution in [0.5, 0.6) is 0 Å². The summed E-state index contributed by atoms with van der Waals surface area (Å²) >= 11 is 3.37. The highest BCUT2D eigenvalue weighted by atomic mass is 79.9. The molecule has 2 fully saturated rings. The van der Waals surface area contributed by atoms with Crippen LogP contribution in [0.4, 0.5) is 4.79 Å². The molecule has 1 atom stereocenters. The van der Waals surface area contributed by atoms with E-state index in [2.05, 4.69) is 26.6 Å². The highest BCUT2D eigenvalue weighted by molar-refractivity contribution is 9.10. The van der Waals surface area contributed by atoms with E-state index >= 15 is 0 Å². The lowest BCUT2D eigenvalue weighted by atomic mass is 9.90. The van der Waals surface area contributed by atoms with Gasteiger partial charge < -0.3 is 10.6 Å². The van der Waals surface area contributed by atoms with E-state index in [1.165, 1.54) is 4.90 Å². The first-order valence-corrected chi connectivity index (χ1v) is 7.49. The quantitative estimate of drug-likeness (QED) is 0.806. The Labute approximate surface area is 125 Å². The van der Waals surface area contributed by atoms with Gasteiger partial charge in [-0.2, -0.15) is 0 Å². The Morgan fingerprint density at radius 2 is 2.00 bits per heavy atom. The molecule has 0 aromatic heterocycles. The maximum Gasteiger partial charge on any atom is 0.325 e. The molecule has 2 aliphatic rings. The van der Waals surface area contributed by atoms with Gasteiger partial charge in [0.15, 0.2) is 0 Å². The molecule has 1 aromatic carbocycles. The number of hydrogen-bond donors (Lipinski definition) is 2. The number of nitrogens with one attached hydrogen (secondary N) is 2. The van der Waals surface area contributed by atoms with E-state index in [9.17, 15) is 9.59 Å². The molecule has 5 nitrogen and oxygen atoms in total. The molecule has 3 amide bonds. The highest BCUT2D eigenvalue weighted by Gasteiger charge is 2.51. The van der Waals surface area contributed by atoms with Gasteiger partial charge in [0.05, 0.1) is 6.54 Å². The zero-order chi connectivity index (χ0) is 14.2. The van der Waals surface area contributed by atoms with E-state index < -0.39 is 5.54 Å². The number of carbonyl (C=O) groups is 2. The van der Waals surface area contributed by atoms with Crippen molar-refractivity contribution in [3.8, 4) is 0 Å². The standard InChI is InChI=1S/C14H16BrN3O2/c15-11-4-2-10(3-5-11)8-18-12(19)14(17-13(18)20)6-1-7-16-9-14/h2-5,16H,1,6-9H2,(H,17,20). The predicted molar refractivity (Wildman–Crippen MR) is 78.1 cm³/mol. The van der Waals surface area contributed by atoms with Gasteiger partial charge in [0, 0.05) is 11.0 Å². The van der Waals surface area contributed by atoms with Crippen molar-refractivity contribution in [1.82, 2.24) is 15.5 Å². The molecule has 20 heavy (non-hydrogen) atoms. The summed E-state index contributed by atoms with van der Waals surface area (Å²) in [6, 6.07) is 7.35. The number of urea groups is 1. The van der Waals surface area contributed by atoms with Crippen LogP contribution in [0.3, 0.4) is 0 Å². The smallest absolute Gasteiger partial charge is 0.322 e. The summed E-state index contributed by atoms with van der Waals surface area (Å²) in [5.41, 5.74) is 0.211. The van der Waals surface area contributed by atoms with Crippen LogP contribution in [-0.4, -0.2) is 35.5 Å². The molecule has 1 unspecified atom stereocenters. The van der Waals surface area contributed by atoms with Crippen LogP contribution in [0.25, 0.3) is 0 Å². The number of rotatable bonds is 2. The van der Waals surface area contributed by atoms with Crippen LogP contribution in [-0.2, 0) is 11.3 Å². The topological polar surface area (TPSA) is 61.4 Å². The minimum Gasteiger partial charge on any atom is -0.322 e. The zero-order valence-electron chi connectivity index (χ0n) is 11.0. The molecule has 2 saturated heterocycles. The van der Waals surface area contributed by atoms with Gasteiger partial charge in [-0.25, -0.2) is 4.79 Å². The number of carbonyl (C=O) groups excluding carboxylic acids is 2. The minimum absolute atomic E-state index is 0.113. The monoisotopic (exact) mass is 337 g/mol. The number of amides is 3. The van der Waals surface area contributed by atoms with E-state index in [1.807, 2.05) is 24.3 Å². The molecule has 6 heteroatoms. The third-order valence-electron chi connectivity index (χ3n) is 3.88. The summed E-state index contributed by atoms with van der Waals surface area (Å²) in [6.07, 6.45) is 1.61. The average Bonchev–Trinajstić information content (AvgIpc) is 2.67. The van der Waals surface area contributed by atoms with Gasteiger partial charge in [-0.3, -0.25) is 9.69 Å². The Balaban J connectivity index is 1.78. The molecule has 2 aliphatic heterocycles. The second kappa shape index (κ2) is 5.18. The van der Waals surface area contributed by atoms with Crippen LogP contribution >= 0.6 is 15.9 Å². The fourth-order valence-electron chi connectivity index (χ4n) is 2.79. The Morgan fingerprint density at radius 1 is 1.25 bits per heavy atom. The summed E-state index contributed by atoms with van der Waals surface area (Å²) in [5, 5.41) is 6.06. The molecule has 1 aromatic rings. The summed E-state index contributed by atoms with van der Waals surface area (Å²) in [7, 11) is 0.